The molecule has 0 N–H and O–H groups in total. The van der Waals surface area contributed by atoms with Crippen molar-refractivity contribution in [2.24, 2.45) is 17.8 Å². The van der Waals surface area contributed by atoms with Crippen LogP contribution in [-0.2, 0) is 9.59 Å². The molecule has 2 fully saturated rings. The summed E-state index contributed by atoms with van der Waals surface area (Å²) in [5.41, 5.74) is -0.284. The molecule has 0 aromatic heterocycles. The molecule has 21 heavy (non-hydrogen) atoms. The Morgan fingerprint density at radius 1 is 1.14 bits per heavy atom. The number of halogens is 3. The van der Waals surface area contributed by atoms with E-state index >= 15 is 0 Å². The van der Waals surface area contributed by atoms with Crippen molar-refractivity contribution in [2.75, 3.05) is 4.90 Å². The number of anilines is 1. The fourth-order valence-corrected chi connectivity index (χ4v) is 3.70. The highest BCUT2D eigenvalue weighted by molar-refractivity contribution is 9.10. The van der Waals surface area contributed by atoms with Crippen LogP contribution in [0.1, 0.15) is 26.2 Å². The molecule has 0 bridgehead atoms. The van der Waals surface area contributed by atoms with Crippen LogP contribution in [0.5, 0.6) is 0 Å². The summed E-state index contributed by atoms with van der Waals surface area (Å²) in [7, 11) is 0. The third kappa shape index (κ3) is 2.20. The minimum atomic E-state index is -0.781. The average Bonchev–Trinajstić information content (AvgIpc) is 2.96. The van der Waals surface area contributed by atoms with Crippen molar-refractivity contribution in [2.45, 2.75) is 26.2 Å². The molecule has 3 nitrogen and oxygen atoms in total. The zero-order chi connectivity index (χ0) is 15.3. The highest BCUT2D eigenvalue weighted by atomic mass is 79.9. The first-order valence-corrected chi connectivity index (χ1v) is 7.75. The van der Waals surface area contributed by atoms with E-state index in [1.54, 1.807) is 0 Å². The molecule has 1 aliphatic heterocycles. The molecule has 1 aliphatic carbocycles. The number of hydrogen-bond acceptors (Lipinski definition) is 2. The van der Waals surface area contributed by atoms with E-state index in [1.807, 2.05) is 6.92 Å². The second kappa shape index (κ2) is 5.16. The van der Waals surface area contributed by atoms with Crippen molar-refractivity contribution in [1.29, 1.82) is 0 Å². The number of imide groups is 1. The number of rotatable bonds is 2. The van der Waals surface area contributed by atoms with E-state index in [4.69, 9.17) is 0 Å². The minimum Gasteiger partial charge on any atom is -0.274 e. The van der Waals surface area contributed by atoms with Gasteiger partial charge in [-0.3, -0.25) is 9.59 Å². The van der Waals surface area contributed by atoms with E-state index in [1.165, 1.54) is 0 Å². The van der Waals surface area contributed by atoms with Crippen LogP contribution in [0, 0.1) is 29.4 Å². The molecule has 3 rings (SSSR count). The Bertz CT molecular complexity index is 610. The summed E-state index contributed by atoms with van der Waals surface area (Å²) in [6, 6.07) is 1.84. The van der Waals surface area contributed by atoms with Gasteiger partial charge in [0.25, 0.3) is 0 Å². The van der Waals surface area contributed by atoms with Crippen molar-refractivity contribution in [1.82, 2.24) is 0 Å². The number of nitrogens with zero attached hydrogens (tertiary/aromatic N) is 1. The molecule has 1 aromatic carbocycles. The van der Waals surface area contributed by atoms with Crippen LogP contribution in [0.4, 0.5) is 14.5 Å². The molecular weight excluding hydrogens is 344 g/mol. The Morgan fingerprint density at radius 2 is 1.71 bits per heavy atom. The predicted octanol–water partition coefficient (Wildman–Crippen LogP) is 3.65. The van der Waals surface area contributed by atoms with Gasteiger partial charge in [0.1, 0.15) is 11.6 Å². The maximum atomic E-state index is 14.0. The molecule has 2 atom stereocenters. The number of carbonyl (C=O) groups excluding carboxylic acids is 2. The predicted molar refractivity (Wildman–Crippen MR) is 76.5 cm³/mol. The first-order chi connectivity index (χ1) is 9.93. The SMILES string of the molecule is CCC1CC2C(=O)N(c3cc(F)c(Br)cc3F)C(=O)C2C1. The van der Waals surface area contributed by atoms with Crippen LogP contribution in [-0.4, -0.2) is 11.8 Å². The van der Waals surface area contributed by atoms with Gasteiger partial charge < -0.3 is 0 Å². The summed E-state index contributed by atoms with van der Waals surface area (Å²) in [4.78, 5) is 25.6. The topological polar surface area (TPSA) is 37.4 Å². The van der Waals surface area contributed by atoms with Crippen molar-refractivity contribution >= 4 is 33.4 Å². The molecule has 1 saturated heterocycles. The first kappa shape index (κ1) is 14.6. The van der Waals surface area contributed by atoms with Crippen molar-refractivity contribution in [3.8, 4) is 0 Å². The Balaban J connectivity index is 1.97. The smallest absolute Gasteiger partial charge is 0.237 e. The van der Waals surface area contributed by atoms with Gasteiger partial charge in [-0.15, -0.1) is 0 Å². The van der Waals surface area contributed by atoms with Gasteiger partial charge in [-0.25, -0.2) is 13.7 Å². The third-order valence-corrected chi connectivity index (χ3v) is 5.15. The van der Waals surface area contributed by atoms with E-state index in [2.05, 4.69) is 15.9 Å². The Labute approximate surface area is 129 Å². The van der Waals surface area contributed by atoms with Gasteiger partial charge in [0.05, 0.1) is 22.0 Å². The Hall–Kier alpha value is -1.30. The Kier molecular flexibility index (Phi) is 3.59. The number of hydrogen-bond donors (Lipinski definition) is 0. The molecule has 6 heteroatoms. The molecule has 1 saturated carbocycles. The molecule has 2 amide bonds. The fourth-order valence-electron chi connectivity index (χ4n) is 3.38. The highest BCUT2D eigenvalue weighted by Crippen LogP contribution is 2.46. The maximum Gasteiger partial charge on any atom is 0.237 e. The summed E-state index contributed by atoms with van der Waals surface area (Å²) in [5, 5.41) is 0. The third-order valence-electron chi connectivity index (χ3n) is 4.54. The molecular formula is C15H14BrF2NO2. The van der Waals surface area contributed by atoms with Crippen LogP contribution in [0.15, 0.2) is 16.6 Å². The number of amides is 2. The normalized spacial score (nSPS) is 28.4. The van der Waals surface area contributed by atoms with Gasteiger partial charge in [0.2, 0.25) is 11.8 Å². The summed E-state index contributed by atoms with van der Waals surface area (Å²) >= 11 is 2.88. The van der Waals surface area contributed by atoms with Gasteiger partial charge in [-0.05, 0) is 40.8 Å². The van der Waals surface area contributed by atoms with E-state index in [-0.39, 0.29) is 22.0 Å². The molecule has 2 unspecified atom stereocenters. The second-order valence-electron chi connectivity index (χ2n) is 5.69. The molecule has 112 valence electrons. The standard InChI is InChI=1S/C15H14BrF2NO2/c1-2-7-3-8-9(4-7)15(21)19(14(8)20)13-6-11(17)10(16)5-12(13)18/h5-9H,2-4H2,1H3. The molecule has 2 aliphatic rings. The number of carbonyl (C=O) groups is 2. The van der Waals surface area contributed by atoms with Crippen LogP contribution in [0.3, 0.4) is 0 Å². The molecule has 0 spiro atoms. The maximum absolute atomic E-state index is 14.0. The summed E-state index contributed by atoms with van der Waals surface area (Å²) in [5.74, 6) is -2.68. The number of fused-ring (bicyclic) bond motifs is 1. The second-order valence-corrected chi connectivity index (χ2v) is 6.54. The zero-order valence-electron chi connectivity index (χ0n) is 11.4. The van der Waals surface area contributed by atoms with Crippen LogP contribution in [0.2, 0.25) is 0 Å². The molecule has 0 radical (unpaired) electrons. The fraction of sp³-hybridized carbons (Fsp3) is 0.467. The average molecular weight is 358 g/mol. The quantitative estimate of drug-likeness (QED) is 0.598. The summed E-state index contributed by atoms with van der Waals surface area (Å²) in [6.07, 6.45) is 2.24. The number of benzene rings is 1. The lowest BCUT2D eigenvalue weighted by atomic mass is 10.00. The Morgan fingerprint density at radius 3 is 2.24 bits per heavy atom. The summed E-state index contributed by atoms with van der Waals surface area (Å²) < 4.78 is 27.6. The molecule has 1 aromatic rings. The van der Waals surface area contributed by atoms with Crippen LogP contribution in [0.25, 0.3) is 0 Å². The zero-order valence-corrected chi connectivity index (χ0v) is 13.0. The van der Waals surface area contributed by atoms with Gasteiger partial charge >= 0.3 is 0 Å². The van der Waals surface area contributed by atoms with Gasteiger partial charge in [-0.2, -0.15) is 0 Å². The lowest BCUT2D eigenvalue weighted by molar-refractivity contribution is -0.123. The lowest BCUT2D eigenvalue weighted by Crippen LogP contribution is -2.33. The van der Waals surface area contributed by atoms with Gasteiger partial charge in [-0.1, -0.05) is 13.3 Å². The van der Waals surface area contributed by atoms with Crippen molar-refractivity contribution < 1.29 is 18.4 Å². The first-order valence-electron chi connectivity index (χ1n) is 6.96. The van der Waals surface area contributed by atoms with E-state index < -0.39 is 23.4 Å². The monoisotopic (exact) mass is 357 g/mol. The van der Waals surface area contributed by atoms with Crippen LogP contribution >= 0.6 is 15.9 Å². The summed E-state index contributed by atoms with van der Waals surface area (Å²) in [6.45, 7) is 2.03. The van der Waals surface area contributed by atoms with Gasteiger partial charge in [0.15, 0.2) is 0 Å². The van der Waals surface area contributed by atoms with Crippen molar-refractivity contribution in [3.05, 3.63) is 28.2 Å². The van der Waals surface area contributed by atoms with Gasteiger partial charge in [0, 0.05) is 6.07 Å². The van der Waals surface area contributed by atoms with Crippen LogP contribution < -0.4 is 4.90 Å². The lowest BCUT2D eigenvalue weighted by Gasteiger charge is -2.18. The largest absolute Gasteiger partial charge is 0.274 e. The van der Waals surface area contributed by atoms with E-state index in [0.717, 1.165) is 23.5 Å². The minimum absolute atomic E-state index is 0.0333. The highest BCUT2D eigenvalue weighted by Gasteiger charge is 2.53. The molecule has 1 heterocycles. The van der Waals surface area contributed by atoms with E-state index in [9.17, 15) is 18.4 Å². The van der Waals surface area contributed by atoms with E-state index in [0.29, 0.717) is 18.8 Å². The van der Waals surface area contributed by atoms with Crippen molar-refractivity contribution in [3.63, 3.8) is 0 Å².